The third-order valence-electron chi connectivity index (χ3n) is 3.37. The van der Waals surface area contributed by atoms with Gasteiger partial charge in [-0.05, 0) is 36.4 Å². The Kier molecular flexibility index (Phi) is 4.42. The van der Waals surface area contributed by atoms with Gasteiger partial charge in [0.1, 0.15) is 23.8 Å². The summed E-state index contributed by atoms with van der Waals surface area (Å²) in [7, 11) is 1.60. The Balaban J connectivity index is 1.65. The van der Waals surface area contributed by atoms with E-state index >= 15 is 0 Å². The van der Waals surface area contributed by atoms with Crippen molar-refractivity contribution >= 4 is 5.69 Å². The Labute approximate surface area is 137 Å². The van der Waals surface area contributed by atoms with E-state index in [4.69, 9.17) is 14.0 Å². The molecule has 0 bridgehead atoms. The van der Waals surface area contributed by atoms with Crippen LogP contribution >= 0.6 is 0 Å². The minimum Gasteiger partial charge on any atom is -0.497 e. The number of nitro groups is 1. The van der Waals surface area contributed by atoms with Crippen LogP contribution in [0.15, 0.2) is 59.1 Å². The standard InChI is InChI=1S/C17H14N2O5/c1-22-14-6-8-15(9-7-14)23-11-16-10-17(18-24-16)12-2-4-13(5-3-12)19(20)21/h2-10H,11H2,1H3. The second-order valence-corrected chi connectivity index (χ2v) is 4.95. The van der Waals surface area contributed by atoms with Gasteiger partial charge in [0.15, 0.2) is 5.76 Å². The zero-order valence-corrected chi connectivity index (χ0v) is 12.8. The van der Waals surface area contributed by atoms with Crippen LogP contribution in [-0.4, -0.2) is 17.2 Å². The molecule has 3 rings (SSSR count). The van der Waals surface area contributed by atoms with Crippen molar-refractivity contribution < 1.29 is 18.9 Å². The average Bonchev–Trinajstić information content (AvgIpc) is 3.09. The summed E-state index contributed by atoms with van der Waals surface area (Å²) in [5.41, 5.74) is 1.36. The summed E-state index contributed by atoms with van der Waals surface area (Å²) in [5.74, 6) is 1.99. The first-order valence-corrected chi connectivity index (χ1v) is 7.13. The summed E-state index contributed by atoms with van der Waals surface area (Å²) >= 11 is 0. The molecule has 0 unspecified atom stereocenters. The topological polar surface area (TPSA) is 87.6 Å². The molecule has 0 N–H and O–H groups in total. The molecule has 0 spiro atoms. The SMILES string of the molecule is COc1ccc(OCc2cc(-c3ccc([N+](=O)[O-])cc3)no2)cc1. The maximum atomic E-state index is 10.7. The third kappa shape index (κ3) is 3.52. The first kappa shape index (κ1) is 15.5. The Bertz CT molecular complexity index is 825. The smallest absolute Gasteiger partial charge is 0.269 e. The third-order valence-corrected chi connectivity index (χ3v) is 3.37. The van der Waals surface area contributed by atoms with E-state index in [0.29, 0.717) is 17.2 Å². The van der Waals surface area contributed by atoms with Gasteiger partial charge in [-0.25, -0.2) is 0 Å². The zero-order chi connectivity index (χ0) is 16.9. The fourth-order valence-corrected chi connectivity index (χ4v) is 2.10. The predicted octanol–water partition coefficient (Wildman–Crippen LogP) is 3.84. The van der Waals surface area contributed by atoms with Crippen molar-refractivity contribution in [1.29, 1.82) is 0 Å². The number of nitro benzene ring substituents is 1. The Hall–Kier alpha value is -3.35. The molecule has 0 amide bonds. The van der Waals surface area contributed by atoms with Gasteiger partial charge in [-0.2, -0.15) is 0 Å². The first-order chi connectivity index (χ1) is 11.7. The molecule has 0 fully saturated rings. The molecule has 0 aliphatic rings. The van der Waals surface area contributed by atoms with E-state index in [9.17, 15) is 10.1 Å². The highest BCUT2D eigenvalue weighted by molar-refractivity contribution is 5.60. The number of nitrogens with zero attached hydrogens (tertiary/aromatic N) is 2. The fourth-order valence-electron chi connectivity index (χ4n) is 2.10. The molecule has 1 heterocycles. The van der Waals surface area contributed by atoms with Crippen LogP contribution in [-0.2, 0) is 6.61 Å². The summed E-state index contributed by atoms with van der Waals surface area (Å²) in [6, 6.07) is 15.1. The van der Waals surface area contributed by atoms with E-state index < -0.39 is 4.92 Å². The van der Waals surface area contributed by atoms with Gasteiger partial charge < -0.3 is 14.0 Å². The van der Waals surface area contributed by atoms with Crippen LogP contribution in [0.25, 0.3) is 11.3 Å². The lowest BCUT2D eigenvalue weighted by Crippen LogP contribution is -1.93. The Morgan fingerprint density at radius 1 is 1.08 bits per heavy atom. The van der Waals surface area contributed by atoms with Crippen LogP contribution in [0.5, 0.6) is 11.5 Å². The lowest BCUT2D eigenvalue weighted by atomic mass is 10.1. The van der Waals surface area contributed by atoms with E-state index in [2.05, 4.69) is 5.16 Å². The molecule has 0 radical (unpaired) electrons. The van der Waals surface area contributed by atoms with Crippen LogP contribution in [0.2, 0.25) is 0 Å². The number of aromatic nitrogens is 1. The van der Waals surface area contributed by atoms with Crippen LogP contribution < -0.4 is 9.47 Å². The summed E-state index contributed by atoms with van der Waals surface area (Å²) in [5, 5.41) is 14.6. The van der Waals surface area contributed by atoms with Gasteiger partial charge in [0.25, 0.3) is 5.69 Å². The highest BCUT2D eigenvalue weighted by Crippen LogP contribution is 2.23. The van der Waals surface area contributed by atoms with Gasteiger partial charge in [-0.3, -0.25) is 10.1 Å². The molecule has 3 aromatic rings. The number of benzene rings is 2. The second-order valence-electron chi connectivity index (χ2n) is 4.95. The van der Waals surface area contributed by atoms with Crippen LogP contribution in [0.4, 0.5) is 5.69 Å². The Morgan fingerprint density at radius 2 is 1.75 bits per heavy atom. The number of non-ortho nitro benzene ring substituents is 1. The van der Waals surface area contributed by atoms with Crippen molar-refractivity contribution in [3.05, 3.63) is 70.5 Å². The molecule has 0 saturated carbocycles. The monoisotopic (exact) mass is 326 g/mol. The molecule has 0 aliphatic heterocycles. The maximum Gasteiger partial charge on any atom is 0.269 e. The lowest BCUT2D eigenvalue weighted by molar-refractivity contribution is -0.384. The maximum absolute atomic E-state index is 10.7. The average molecular weight is 326 g/mol. The fraction of sp³-hybridized carbons (Fsp3) is 0.118. The molecule has 0 aliphatic carbocycles. The van der Waals surface area contributed by atoms with E-state index in [1.54, 1.807) is 49.6 Å². The van der Waals surface area contributed by atoms with Crippen molar-refractivity contribution in [2.24, 2.45) is 0 Å². The molecule has 0 atom stereocenters. The summed E-state index contributed by atoms with van der Waals surface area (Å²) < 4.78 is 15.9. The van der Waals surface area contributed by atoms with Gasteiger partial charge in [-0.1, -0.05) is 5.16 Å². The van der Waals surface area contributed by atoms with Gasteiger partial charge in [0, 0.05) is 23.8 Å². The van der Waals surface area contributed by atoms with Crippen molar-refractivity contribution in [3.63, 3.8) is 0 Å². The number of ether oxygens (including phenoxy) is 2. The summed E-state index contributed by atoms with van der Waals surface area (Å²) in [4.78, 5) is 10.2. The first-order valence-electron chi connectivity index (χ1n) is 7.13. The van der Waals surface area contributed by atoms with E-state index in [-0.39, 0.29) is 12.3 Å². The quantitative estimate of drug-likeness (QED) is 0.505. The molecule has 7 heteroatoms. The van der Waals surface area contributed by atoms with E-state index in [1.807, 2.05) is 0 Å². The minimum atomic E-state index is -0.444. The van der Waals surface area contributed by atoms with Crippen molar-refractivity contribution in [2.75, 3.05) is 7.11 Å². The summed E-state index contributed by atoms with van der Waals surface area (Å²) in [6.45, 7) is 0.228. The second kappa shape index (κ2) is 6.82. The molecule has 122 valence electrons. The molecule has 7 nitrogen and oxygen atoms in total. The zero-order valence-electron chi connectivity index (χ0n) is 12.8. The molecular weight excluding hydrogens is 312 g/mol. The predicted molar refractivity (Wildman–Crippen MR) is 85.9 cm³/mol. The normalized spacial score (nSPS) is 10.4. The Morgan fingerprint density at radius 3 is 2.38 bits per heavy atom. The van der Waals surface area contributed by atoms with Gasteiger partial charge in [0.2, 0.25) is 0 Å². The van der Waals surface area contributed by atoms with Crippen LogP contribution in [0, 0.1) is 10.1 Å². The van der Waals surface area contributed by atoms with Gasteiger partial charge in [-0.15, -0.1) is 0 Å². The molecular formula is C17H14N2O5. The van der Waals surface area contributed by atoms with Crippen molar-refractivity contribution in [2.45, 2.75) is 6.61 Å². The largest absolute Gasteiger partial charge is 0.497 e. The van der Waals surface area contributed by atoms with Crippen LogP contribution in [0.3, 0.4) is 0 Å². The number of hydrogen-bond acceptors (Lipinski definition) is 6. The molecule has 0 saturated heterocycles. The highest BCUT2D eigenvalue weighted by Gasteiger charge is 2.10. The molecule has 1 aromatic heterocycles. The van der Waals surface area contributed by atoms with E-state index in [1.165, 1.54) is 12.1 Å². The van der Waals surface area contributed by atoms with Gasteiger partial charge >= 0.3 is 0 Å². The van der Waals surface area contributed by atoms with E-state index in [0.717, 1.165) is 11.3 Å². The minimum absolute atomic E-state index is 0.0327. The molecule has 2 aromatic carbocycles. The van der Waals surface area contributed by atoms with Gasteiger partial charge in [0.05, 0.1) is 12.0 Å². The highest BCUT2D eigenvalue weighted by atomic mass is 16.6. The number of rotatable bonds is 6. The number of methoxy groups -OCH3 is 1. The number of hydrogen-bond donors (Lipinski definition) is 0. The van der Waals surface area contributed by atoms with Crippen LogP contribution in [0.1, 0.15) is 5.76 Å². The van der Waals surface area contributed by atoms with Crippen molar-refractivity contribution in [1.82, 2.24) is 5.16 Å². The van der Waals surface area contributed by atoms with Crippen molar-refractivity contribution in [3.8, 4) is 22.8 Å². The summed E-state index contributed by atoms with van der Waals surface area (Å²) in [6.07, 6.45) is 0. The lowest BCUT2D eigenvalue weighted by Gasteiger charge is -2.04. The molecule has 24 heavy (non-hydrogen) atoms.